The van der Waals surface area contributed by atoms with Gasteiger partial charge in [-0.2, -0.15) is 0 Å². The molecule has 0 heterocycles. The van der Waals surface area contributed by atoms with Gasteiger partial charge in [0, 0.05) is 6.42 Å². The van der Waals surface area contributed by atoms with E-state index in [0.29, 0.717) is 5.56 Å². The minimum Gasteiger partial charge on any atom is -0.446 e. The third-order valence-corrected chi connectivity index (χ3v) is 3.08. The highest BCUT2D eigenvalue weighted by atomic mass is 16.6. The van der Waals surface area contributed by atoms with E-state index >= 15 is 0 Å². The zero-order valence-corrected chi connectivity index (χ0v) is 12.1. The maximum absolute atomic E-state index is 11.7. The number of hydrogen-bond acceptors (Lipinski definition) is 8. The topological polar surface area (TPSA) is 141 Å². The van der Waals surface area contributed by atoms with Gasteiger partial charge in [-0.3, -0.25) is 9.59 Å². The molecule has 0 aromatic heterocycles. The van der Waals surface area contributed by atoms with Crippen LogP contribution >= 0.6 is 0 Å². The lowest BCUT2D eigenvalue weighted by Gasteiger charge is -2.25. The van der Waals surface area contributed by atoms with E-state index in [0.717, 1.165) is 0 Å². The van der Waals surface area contributed by atoms with E-state index in [-0.39, 0.29) is 12.7 Å². The number of hydrogen-bond donors (Lipinski definition) is 4. The summed E-state index contributed by atoms with van der Waals surface area (Å²) in [4.78, 5) is 34.2. The molecule has 1 aromatic carbocycles. The van der Waals surface area contributed by atoms with Crippen LogP contribution in [0, 0.1) is 0 Å². The standard InChI is InChI=1S/C15H18O8/c16-7-11(19)13(20)14(21)12(8-17)23-15(22)10(18)6-9-4-2-1-3-5-9/h1-5,8,11-14,16,19-21H,6-7H2/t11-,12+,13-,14-/m1/s1. The Balaban J connectivity index is 2.65. The minimum absolute atomic E-state index is 0.0195. The van der Waals surface area contributed by atoms with Gasteiger partial charge in [-0.15, -0.1) is 0 Å². The SMILES string of the molecule is O=C[C@H](OC(=O)C(=O)Cc1ccccc1)[C@@H](O)[C@H](O)[C@H](O)CO. The largest absolute Gasteiger partial charge is 0.446 e. The predicted molar refractivity (Wildman–Crippen MR) is 76.2 cm³/mol. The molecule has 0 spiro atoms. The van der Waals surface area contributed by atoms with Gasteiger partial charge < -0.3 is 25.2 Å². The molecule has 126 valence electrons. The fourth-order valence-electron chi connectivity index (χ4n) is 1.75. The molecular formula is C15H18O8. The molecule has 0 fully saturated rings. The number of carbonyl (C=O) groups excluding carboxylic acids is 3. The smallest absolute Gasteiger partial charge is 0.375 e. The van der Waals surface area contributed by atoms with Gasteiger partial charge in [0.15, 0.2) is 12.4 Å². The minimum atomic E-state index is -1.98. The molecule has 0 bridgehead atoms. The third-order valence-electron chi connectivity index (χ3n) is 3.08. The maximum Gasteiger partial charge on any atom is 0.375 e. The van der Waals surface area contributed by atoms with Crippen molar-refractivity contribution in [2.45, 2.75) is 30.8 Å². The first-order chi connectivity index (χ1) is 10.9. The summed E-state index contributed by atoms with van der Waals surface area (Å²) in [6.45, 7) is -0.870. The number of carbonyl (C=O) groups is 3. The summed E-state index contributed by atoms with van der Waals surface area (Å²) in [6, 6.07) is 8.34. The summed E-state index contributed by atoms with van der Waals surface area (Å²) in [6.07, 6.45) is -7.71. The van der Waals surface area contributed by atoms with Gasteiger partial charge in [0.2, 0.25) is 5.78 Å². The van der Waals surface area contributed by atoms with Gasteiger partial charge in [0.1, 0.15) is 18.3 Å². The lowest BCUT2D eigenvalue weighted by molar-refractivity contribution is -0.171. The molecule has 0 unspecified atom stereocenters. The van der Waals surface area contributed by atoms with E-state index in [1.165, 1.54) is 0 Å². The van der Waals surface area contributed by atoms with Crippen molar-refractivity contribution in [3.05, 3.63) is 35.9 Å². The number of aldehydes is 1. The third kappa shape index (κ3) is 5.53. The van der Waals surface area contributed by atoms with Gasteiger partial charge in [0.25, 0.3) is 0 Å². The fraction of sp³-hybridized carbons (Fsp3) is 0.400. The van der Waals surface area contributed by atoms with Crippen LogP contribution in [0.1, 0.15) is 5.56 Å². The number of ketones is 1. The Kier molecular flexibility index (Phi) is 7.49. The van der Waals surface area contributed by atoms with Gasteiger partial charge in [-0.05, 0) is 5.56 Å². The number of aliphatic hydroxyl groups excluding tert-OH is 4. The average molecular weight is 326 g/mol. The lowest BCUT2D eigenvalue weighted by Crippen LogP contribution is -2.48. The number of ether oxygens (including phenoxy) is 1. The molecule has 8 heteroatoms. The second-order valence-electron chi connectivity index (χ2n) is 4.82. The van der Waals surface area contributed by atoms with Crippen LogP contribution < -0.4 is 0 Å². The monoisotopic (exact) mass is 326 g/mol. The van der Waals surface area contributed by atoms with Crippen molar-refractivity contribution in [3.8, 4) is 0 Å². The van der Waals surface area contributed by atoms with E-state index in [1.54, 1.807) is 30.3 Å². The Hall–Kier alpha value is -2.13. The Bertz CT molecular complexity index is 530. The van der Waals surface area contributed by atoms with Gasteiger partial charge in [-0.25, -0.2) is 4.79 Å². The van der Waals surface area contributed by atoms with Crippen LogP contribution in [0.5, 0.6) is 0 Å². The normalized spacial score (nSPS) is 16.0. The first-order valence-corrected chi connectivity index (χ1v) is 6.78. The molecule has 4 atom stereocenters. The number of aliphatic hydroxyl groups is 4. The first kappa shape index (κ1) is 18.9. The molecule has 4 N–H and O–H groups in total. The Morgan fingerprint density at radius 2 is 1.70 bits per heavy atom. The van der Waals surface area contributed by atoms with Crippen LogP contribution in [-0.2, 0) is 25.5 Å². The van der Waals surface area contributed by atoms with Crippen molar-refractivity contribution < 1.29 is 39.5 Å². The van der Waals surface area contributed by atoms with Gasteiger partial charge in [-0.1, -0.05) is 30.3 Å². The van der Waals surface area contributed by atoms with E-state index in [1.807, 2.05) is 0 Å². The molecule has 0 aliphatic rings. The predicted octanol–water partition coefficient (Wildman–Crippen LogP) is -2.02. The summed E-state index contributed by atoms with van der Waals surface area (Å²) in [7, 11) is 0. The van der Waals surface area contributed by atoms with Crippen molar-refractivity contribution in [1.29, 1.82) is 0 Å². The quantitative estimate of drug-likeness (QED) is 0.232. The molecule has 23 heavy (non-hydrogen) atoms. The van der Waals surface area contributed by atoms with E-state index in [2.05, 4.69) is 4.74 Å². The van der Waals surface area contributed by atoms with Crippen LogP contribution in [0.2, 0.25) is 0 Å². The van der Waals surface area contributed by atoms with Crippen LogP contribution in [0.25, 0.3) is 0 Å². The second kappa shape index (κ2) is 9.11. The fourth-order valence-corrected chi connectivity index (χ4v) is 1.75. The molecule has 0 aliphatic carbocycles. The summed E-state index contributed by atoms with van der Waals surface area (Å²) in [5.74, 6) is -2.29. The number of benzene rings is 1. The summed E-state index contributed by atoms with van der Waals surface area (Å²) in [5.41, 5.74) is 0.563. The van der Waals surface area contributed by atoms with E-state index in [4.69, 9.17) is 5.11 Å². The highest BCUT2D eigenvalue weighted by molar-refractivity contribution is 6.34. The number of esters is 1. The highest BCUT2D eigenvalue weighted by Gasteiger charge is 2.34. The van der Waals surface area contributed by atoms with Crippen LogP contribution in [0.4, 0.5) is 0 Å². The lowest BCUT2D eigenvalue weighted by atomic mass is 10.0. The molecular weight excluding hydrogens is 308 g/mol. The Morgan fingerprint density at radius 1 is 1.09 bits per heavy atom. The number of Topliss-reactive ketones (excluding diaryl/α,β-unsaturated/α-hetero) is 1. The van der Waals surface area contributed by atoms with Crippen LogP contribution in [-0.4, -0.2) is 69.5 Å². The van der Waals surface area contributed by atoms with Crippen LogP contribution in [0.3, 0.4) is 0 Å². The summed E-state index contributed by atoms with van der Waals surface area (Å²) < 4.78 is 4.55. The van der Waals surface area contributed by atoms with Gasteiger partial charge >= 0.3 is 5.97 Å². The molecule has 8 nitrogen and oxygen atoms in total. The summed E-state index contributed by atoms with van der Waals surface area (Å²) >= 11 is 0. The molecule has 0 radical (unpaired) electrons. The Labute approximate surface area is 131 Å². The van der Waals surface area contributed by atoms with E-state index in [9.17, 15) is 29.7 Å². The highest BCUT2D eigenvalue weighted by Crippen LogP contribution is 2.08. The van der Waals surface area contributed by atoms with E-state index < -0.39 is 42.8 Å². The van der Waals surface area contributed by atoms with Crippen LogP contribution in [0.15, 0.2) is 30.3 Å². The van der Waals surface area contributed by atoms with Gasteiger partial charge in [0.05, 0.1) is 6.61 Å². The molecule has 1 rings (SSSR count). The van der Waals surface area contributed by atoms with Crippen molar-refractivity contribution >= 4 is 18.0 Å². The molecule has 0 amide bonds. The maximum atomic E-state index is 11.7. The van der Waals surface area contributed by atoms with Crippen molar-refractivity contribution in [2.24, 2.45) is 0 Å². The molecule has 0 saturated heterocycles. The molecule has 0 aliphatic heterocycles. The van der Waals surface area contributed by atoms with Crippen molar-refractivity contribution in [3.63, 3.8) is 0 Å². The molecule has 0 saturated carbocycles. The van der Waals surface area contributed by atoms with Crippen molar-refractivity contribution in [2.75, 3.05) is 6.61 Å². The zero-order chi connectivity index (χ0) is 17.4. The summed E-state index contributed by atoms with van der Waals surface area (Å²) in [5, 5.41) is 37.0. The molecule has 1 aromatic rings. The first-order valence-electron chi connectivity index (χ1n) is 6.78. The van der Waals surface area contributed by atoms with Crippen molar-refractivity contribution in [1.82, 2.24) is 0 Å². The zero-order valence-electron chi connectivity index (χ0n) is 12.1. The second-order valence-corrected chi connectivity index (χ2v) is 4.82. The average Bonchev–Trinajstić information content (AvgIpc) is 2.58. The Morgan fingerprint density at radius 3 is 2.22 bits per heavy atom. The number of rotatable bonds is 9.